The van der Waals surface area contributed by atoms with E-state index < -0.39 is 0 Å². The van der Waals surface area contributed by atoms with Crippen molar-refractivity contribution < 1.29 is 9.47 Å². The van der Waals surface area contributed by atoms with E-state index in [1.165, 1.54) is 12.8 Å². The molecule has 108 valence electrons. The highest BCUT2D eigenvalue weighted by atomic mass is 16.5. The van der Waals surface area contributed by atoms with Gasteiger partial charge in [-0.05, 0) is 49.4 Å². The Morgan fingerprint density at radius 1 is 1.20 bits per heavy atom. The van der Waals surface area contributed by atoms with E-state index in [4.69, 9.17) is 9.47 Å². The summed E-state index contributed by atoms with van der Waals surface area (Å²) in [7, 11) is 1.65. The standard InChI is InChI=1S/C17H23NO2/c1-3-4-13-5-6-14(12-18)17(11-13)20-16-9-7-15(19-2)8-10-16/h7-10,13-14,17H,3-6,11H2,1-2H3. The minimum absolute atomic E-state index is 0.0187. The first-order valence-corrected chi connectivity index (χ1v) is 7.47. The van der Waals surface area contributed by atoms with Crippen LogP contribution < -0.4 is 9.47 Å². The molecule has 20 heavy (non-hydrogen) atoms. The molecule has 0 radical (unpaired) electrons. The smallest absolute Gasteiger partial charge is 0.120 e. The van der Waals surface area contributed by atoms with Gasteiger partial charge in [0.15, 0.2) is 0 Å². The molecule has 0 spiro atoms. The Kier molecular flexibility index (Phi) is 5.29. The molecule has 0 amide bonds. The lowest BCUT2D eigenvalue weighted by Crippen LogP contribution is -2.33. The Labute approximate surface area is 121 Å². The van der Waals surface area contributed by atoms with E-state index in [9.17, 15) is 5.26 Å². The van der Waals surface area contributed by atoms with Crippen LogP contribution in [-0.4, -0.2) is 13.2 Å². The lowest BCUT2D eigenvalue weighted by atomic mass is 9.78. The zero-order valence-corrected chi connectivity index (χ0v) is 12.3. The summed E-state index contributed by atoms with van der Waals surface area (Å²) in [4.78, 5) is 0. The predicted octanol–water partition coefficient (Wildman–Crippen LogP) is 4.18. The van der Waals surface area contributed by atoms with Crippen LogP contribution in [0, 0.1) is 23.2 Å². The molecule has 3 nitrogen and oxygen atoms in total. The minimum Gasteiger partial charge on any atom is -0.497 e. The van der Waals surface area contributed by atoms with Gasteiger partial charge in [0, 0.05) is 0 Å². The Morgan fingerprint density at radius 3 is 2.50 bits per heavy atom. The molecule has 0 bridgehead atoms. The lowest BCUT2D eigenvalue weighted by molar-refractivity contribution is 0.0875. The van der Waals surface area contributed by atoms with Gasteiger partial charge in [-0.3, -0.25) is 0 Å². The van der Waals surface area contributed by atoms with E-state index in [2.05, 4.69) is 13.0 Å². The van der Waals surface area contributed by atoms with Crippen molar-refractivity contribution in [2.45, 2.75) is 45.1 Å². The first kappa shape index (κ1) is 14.7. The zero-order valence-electron chi connectivity index (χ0n) is 12.3. The largest absolute Gasteiger partial charge is 0.497 e. The topological polar surface area (TPSA) is 42.2 Å². The molecule has 3 heteroatoms. The molecule has 0 aromatic heterocycles. The first-order valence-electron chi connectivity index (χ1n) is 7.47. The zero-order chi connectivity index (χ0) is 14.4. The number of hydrogen-bond acceptors (Lipinski definition) is 3. The highest BCUT2D eigenvalue weighted by Crippen LogP contribution is 2.34. The van der Waals surface area contributed by atoms with Crippen LogP contribution in [0.3, 0.4) is 0 Å². The third-order valence-electron chi connectivity index (χ3n) is 4.11. The van der Waals surface area contributed by atoms with E-state index in [-0.39, 0.29) is 12.0 Å². The fourth-order valence-corrected chi connectivity index (χ4v) is 2.99. The molecule has 0 aliphatic heterocycles. The molecular weight excluding hydrogens is 250 g/mol. The number of methoxy groups -OCH3 is 1. The Hall–Kier alpha value is -1.69. The van der Waals surface area contributed by atoms with Crippen LogP contribution in [0.1, 0.15) is 39.0 Å². The summed E-state index contributed by atoms with van der Waals surface area (Å²) in [6.45, 7) is 2.22. The second-order valence-electron chi connectivity index (χ2n) is 5.54. The molecule has 0 heterocycles. The van der Waals surface area contributed by atoms with Crippen molar-refractivity contribution in [3.8, 4) is 17.6 Å². The second kappa shape index (κ2) is 7.19. The molecule has 1 aromatic carbocycles. The van der Waals surface area contributed by atoms with E-state index in [1.807, 2.05) is 24.3 Å². The summed E-state index contributed by atoms with van der Waals surface area (Å²) in [5.74, 6) is 2.37. The normalized spacial score (nSPS) is 25.8. The van der Waals surface area contributed by atoms with Crippen LogP contribution in [0.5, 0.6) is 11.5 Å². The van der Waals surface area contributed by atoms with Crippen molar-refractivity contribution in [1.29, 1.82) is 5.26 Å². The van der Waals surface area contributed by atoms with Gasteiger partial charge in [0.2, 0.25) is 0 Å². The number of benzene rings is 1. The van der Waals surface area contributed by atoms with Crippen molar-refractivity contribution >= 4 is 0 Å². The summed E-state index contributed by atoms with van der Waals surface area (Å²) < 4.78 is 11.2. The van der Waals surface area contributed by atoms with Crippen molar-refractivity contribution in [1.82, 2.24) is 0 Å². The van der Waals surface area contributed by atoms with Gasteiger partial charge in [-0.25, -0.2) is 0 Å². The van der Waals surface area contributed by atoms with Gasteiger partial charge in [0.25, 0.3) is 0 Å². The average molecular weight is 273 g/mol. The molecule has 3 atom stereocenters. The SMILES string of the molecule is CCCC1CCC(C#N)C(Oc2ccc(OC)cc2)C1. The van der Waals surface area contributed by atoms with Crippen LogP contribution in [0.15, 0.2) is 24.3 Å². The molecule has 0 N–H and O–H groups in total. The third-order valence-corrected chi connectivity index (χ3v) is 4.11. The number of ether oxygens (including phenoxy) is 2. The van der Waals surface area contributed by atoms with E-state index in [0.717, 1.165) is 30.8 Å². The molecule has 0 saturated heterocycles. The number of nitrogens with zero attached hydrogens (tertiary/aromatic N) is 1. The molecule has 3 unspecified atom stereocenters. The van der Waals surface area contributed by atoms with Crippen LogP contribution in [-0.2, 0) is 0 Å². The number of hydrogen-bond donors (Lipinski definition) is 0. The molecule has 2 rings (SSSR count). The predicted molar refractivity (Wildman–Crippen MR) is 78.8 cm³/mol. The summed E-state index contributed by atoms with van der Waals surface area (Å²) in [5, 5.41) is 9.29. The summed E-state index contributed by atoms with van der Waals surface area (Å²) >= 11 is 0. The fourth-order valence-electron chi connectivity index (χ4n) is 2.99. The van der Waals surface area contributed by atoms with Crippen molar-refractivity contribution in [3.63, 3.8) is 0 Å². The van der Waals surface area contributed by atoms with Crippen molar-refractivity contribution in [2.75, 3.05) is 7.11 Å². The maximum absolute atomic E-state index is 9.29. The third kappa shape index (κ3) is 3.66. The van der Waals surface area contributed by atoms with Gasteiger partial charge in [-0.15, -0.1) is 0 Å². The van der Waals surface area contributed by atoms with Crippen molar-refractivity contribution in [2.24, 2.45) is 11.8 Å². The maximum Gasteiger partial charge on any atom is 0.120 e. The Morgan fingerprint density at radius 2 is 1.90 bits per heavy atom. The molecule has 1 aliphatic rings. The second-order valence-corrected chi connectivity index (χ2v) is 5.54. The number of nitriles is 1. The van der Waals surface area contributed by atoms with Crippen LogP contribution >= 0.6 is 0 Å². The van der Waals surface area contributed by atoms with E-state index >= 15 is 0 Å². The highest BCUT2D eigenvalue weighted by Gasteiger charge is 2.31. The van der Waals surface area contributed by atoms with Gasteiger partial charge in [-0.2, -0.15) is 5.26 Å². The maximum atomic E-state index is 9.29. The van der Waals surface area contributed by atoms with Gasteiger partial charge < -0.3 is 9.47 Å². The summed E-state index contributed by atoms with van der Waals surface area (Å²) in [6, 6.07) is 10.0. The van der Waals surface area contributed by atoms with Crippen molar-refractivity contribution in [3.05, 3.63) is 24.3 Å². The molecule has 1 fully saturated rings. The van der Waals surface area contributed by atoms with Gasteiger partial charge in [-0.1, -0.05) is 19.8 Å². The summed E-state index contributed by atoms with van der Waals surface area (Å²) in [5.41, 5.74) is 0. The van der Waals surface area contributed by atoms with Gasteiger partial charge >= 0.3 is 0 Å². The van der Waals surface area contributed by atoms with Crippen LogP contribution in [0.2, 0.25) is 0 Å². The highest BCUT2D eigenvalue weighted by molar-refractivity contribution is 5.31. The quantitative estimate of drug-likeness (QED) is 0.808. The monoisotopic (exact) mass is 273 g/mol. The molecule has 1 saturated carbocycles. The van der Waals surface area contributed by atoms with Gasteiger partial charge in [0.1, 0.15) is 17.6 Å². The summed E-state index contributed by atoms with van der Waals surface area (Å²) in [6.07, 6.45) is 5.59. The van der Waals surface area contributed by atoms with Gasteiger partial charge in [0.05, 0.1) is 19.1 Å². The first-order chi connectivity index (χ1) is 9.76. The molecule has 1 aromatic rings. The molecular formula is C17H23NO2. The van der Waals surface area contributed by atoms with Crippen LogP contribution in [0.4, 0.5) is 0 Å². The average Bonchev–Trinajstić information content (AvgIpc) is 2.49. The minimum atomic E-state index is 0.0187. The van der Waals surface area contributed by atoms with E-state index in [1.54, 1.807) is 7.11 Å². The Bertz CT molecular complexity index is 449. The fraction of sp³-hybridized carbons (Fsp3) is 0.588. The van der Waals surface area contributed by atoms with Crippen LogP contribution in [0.25, 0.3) is 0 Å². The Balaban J connectivity index is 2.01. The molecule has 1 aliphatic carbocycles. The number of rotatable bonds is 5. The lowest BCUT2D eigenvalue weighted by Gasteiger charge is -2.33. The van der Waals surface area contributed by atoms with E-state index in [0.29, 0.717) is 5.92 Å².